The molecule has 312 valence electrons. The van der Waals surface area contributed by atoms with Crippen molar-refractivity contribution in [2.24, 2.45) is 22.7 Å². The number of aliphatic hydroxyl groups is 2. The van der Waals surface area contributed by atoms with E-state index >= 15 is 0 Å². The molecule has 5 unspecified atom stereocenters. The van der Waals surface area contributed by atoms with Crippen molar-refractivity contribution in [2.45, 2.75) is 118 Å². The molecule has 0 bridgehead atoms. The molecule has 0 saturated carbocycles. The van der Waals surface area contributed by atoms with Crippen molar-refractivity contribution >= 4 is 23.9 Å². The SMILES string of the molecule is CCC(C)C(C(=O)NC(Cc1ccccc1)C(O)CN(CCC(C)(C)C)NC(=O)CC(C)(C)CNC(=O)OC)C1CNC(=O)N1Cc1cccc(C(C)(C)O)n1. The molecule has 1 aliphatic rings. The number of urea groups is 1. The summed E-state index contributed by atoms with van der Waals surface area (Å²) in [7, 11) is 1.28. The summed E-state index contributed by atoms with van der Waals surface area (Å²) >= 11 is 0. The number of hydrogen-bond donors (Lipinski definition) is 6. The van der Waals surface area contributed by atoms with E-state index in [9.17, 15) is 29.4 Å². The second kappa shape index (κ2) is 20.2. The number of carbonyl (C=O) groups is 4. The molecule has 5 atom stereocenters. The van der Waals surface area contributed by atoms with Crippen LogP contribution < -0.4 is 21.4 Å². The van der Waals surface area contributed by atoms with Crippen LogP contribution in [0.5, 0.6) is 0 Å². The Bertz CT molecular complexity index is 1590. The molecule has 0 spiro atoms. The molecule has 56 heavy (non-hydrogen) atoms. The average molecular weight is 782 g/mol. The molecule has 1 fully saturated rings. The molecular weight excluding hydrogens is 715 g/mol. The summed E-state index contributed by atoms with van der Waals surface area (Å²) in [6.45, 7) is 18.5. The van der Waals surface area contributed by atoms with Crippen LogP contribution in [0.1, 0.15) is 98.5 Å². The van der Waals surface area contributed by atoms with Crippen LogP contribution in [0.3, 0.4) is 0 Å². The minimum atomic E-state index is -1.17. The fraction of sp³-hybridized carbons (Fsp3) is 0.643. The molecular formula is C42H67N7O7. The Balaban J connectivity index is 1.88. The highest BCUT2D eigenvalue weighted by atomic mass is 16.5. The number of hydrogen-bond acceptors (Lipinski definition) is 9. The van der Waals surface area contributed by atoms with Crippen molar-refractivity contribution in [3.63, 3.8) is 0 Å². The third kappa shape index (κ3) is 14.7. The number of benzene rings is 1. The molecule has 14 heteroatoms. The van der Waals surface area contributed by atoms with Gasteiger partial charge in [0.25, 0.3) is 0 Å². The Morgan fingerprint density at radius 3 is 2.34 bits per heavy atom. The summed E-state index contributed by atoms with van der Waals surface area (Å²) in [6.07, 6.45) is 0.139. The monoisotopic (exact) mass is 782 g/mol. The second-order valence-electron chi connectivity index (χ2n) is 17.7. The molecule has 1 saturated heterocycles. The van der Waals surface area contributed by atoms with Gasteiger partial charge in [-0.3, -0.25) is 20.0 Å². The van der Waals surface area contributed by atoms with Crippen molar-refractivity contribution < 1.29 is 34.1 Å². The number of ether oxygens (including phenoxy) is 1. The third-order valence-corrected chi connectivity index (χ3v) is 10.3. The number of rotatable bonds is 20. The van der Waals surface area contributed by atoms with Gasteiger partial charge in [-0.25, -0.2) is 14.6 Å². The summed E-state index contributed by atoms with van der Waals surface area (Å²) in [4.78, 5) is 59.2. The van der Waals surface area contributed by atoms with E-state index in [0.717, 1.165) is 5.56 Å². The van der Waals surface area contributed by atoms with Gasteiger partial charge in [0.1, 0.15) is 5.60 Å². The standard InChI is InChI=1S/C42H67N7O7/c1-11-28(2)36(32-24-43-38(53)49(32)25-30-18-15-19-34(45-30)42(8,9)55)37(52)46-31(22-29-16-13-12-14-17-29)33(50)26-48(21-20-40(3,4)5)47-35(51)23-41(6,7)27-44-39(54)56-10/h12-19,28,31-33,36,50,55H,11,20-27H2,1-10H3,(H,43,53)(H,44,54)(H,46,52)(H,47,51). The molecule has 0 radical (unpaired) electrons. The maximum Gasteiger partial charge on any atom is 0.406 e. The number of methoxy groups -OCH3 is 1. The second-order valence-corrected chi connectivity index (χ2v) is 17.7. The first-order chi connectivity index (χ1) is 26.1. The molecule has 14 nitrogen and oxygen atoms in total. The van der Waals surface area contributed by atoms with Crippen LogP contribution in [0.25, 0.3) is 0 Å². The van der Waals surface area contributed by atoms with Crippen molar-refractivity contribution in [1.29, 1.82) is 0 Å². The van der Waals surface area contributed by atoms with Gasteiger partial charge >= 0.3 is 12.1 Å². The van der Waals surface area contributed by atoms with Gasteiger partial charge in [0, 0.05) is 32.6 Å². The number of pyridine rings is 1. The van der Waals surface area contributed by atoms with E-state index in [0.29, 0.717) is 37.2 Å². The smallest absolute Gasteiger partial charge is 0.406 e. The molecule has 2 heterocycles. The van der Waals surface area contributed by atoms with Crippen molar-refractivity contribution in [1.82, 2.24) is 36.3 Å². The topological polar surface area (TPSA) is 185 Å². The van der Waals surface area contributed by atoms with Gasteiger partial charge < -0.3 is 35.8 Å². The summed E-state index contributed by atoms with van der Waals surface area (Å²) in [5.74, 6) is -1.31. The Kier molecular flexibility index (Phi) is 16.7. The van der Waals surface area contributed by atoms with E-state index in [1.54, 1.807) is 42.0 Å². The molecule has 1 aromatic heterocycles. The predicted octanol–water partition coefficient (Wildman–Crippen LogP) is 4.50. The lowest BCUT2D eigenvalue weighted by molar-refractivity contribution is -0.132. The van der Waals surface area contributed by atoms with Gasteiger partial charge in [-0.05, 0) is 61.1 Å². The fourth-order valence-electron chi connectivity index (χ4n) is 6.76. The number of aliphatic hydroxyl groups excluding tert-OH is 1. The molecule has 3 rings (SSSR count). The van der Waals surface area contributed by atoms with Crippen LogP contribution in [-0.2, 0) is 32.9 Å². The summed E-state index contributed by atoms with van der Waals surface area (Å²) < 4.78 is 4.68. The van der Waals surface area contributed by atoms with Crippen LogP contribution in [0.15, 0.2) is 48.5 Å². The Morgan fingerprint density at radius 1 is 1.05 bits per heavy atom. The largest absolute Gasteiger partial charge is 0.453 e. The number of amides is 5. The molecule has 5 amide bonds. The van der Waals surface area contributed by atoms with E-state index < -0.39 is 41.2 Å². The van der Waals surface area contributed by atoms with E-state index in [1.165, 1.54) is 7.11 Å². The number of alkyl carbamates (subject to hydrolysis) is 1. The normalized spacial score (nSPS) is 17.1. The number of nitrogens with one attached hydrogen (secondary N) is 4. The zero-order valence-electron chi connectivity index (χ0n) is 35.1. The van der Waals surface area contributed by atoms with Crippen molar-refractivity contribution in [2.75, 3.05) is 33.3 Å². The Labute approximate surface area is 333 Å². The zero-order chi connectivity index (χ0) is 41.8. The highest BCUT2D eigenvalue weighted by Gasteiger charge is 2.43. The quantitative estimate of drug-likeness (QED) is 0.105. The van der Waals surface area contributed by atoms with Crippen LogP contribution in [0, 0.1) is 22.7 Å². The maximum atomic E-state index is 14.6. The first kappa shape index (κ1) is 46.1. The molecule has 1 aromatic carbocycles. The van der Waals surface area contributed by atoms with Gasteiger partial charge in [-0.15, -0.1) is 0 Å². The molecule has 0 aliphatic carbocycles. The van der Waals surface area contributed by atoms with Gasteiger partial charge in [0.2, 0.25) is 11.8 Å². The minimum absolute atomic E-state index is 0.0350. The fourth-order valence-corrected chi connectivity index (χ4v) is 6.76. The van der Waals surface area contributed by atoms with Crippen LogP contribution in [0.2, 0.25) is 0 Å². The van der Waals surface area contributed by atoms with Gasteiger partial charge in [0.15, 0.2) is 0 Å². The van der Waals surface area contributed by atoms with E-state index in [-0.39, 0.29) is 61.8 Å². The molecule has 2 aromatic rings. The van der Waals surface area contributed by atoms with Gasteiger partial charge in [-0.1, -0.05) is 91.3 Å². The van der Waals surface area contributed by atoms with E-state index in [2.05, 4.69) is 51.9 Å². The van der Waals surface area contributed by atoms with Crippen LogP contribution in [0.4, 0.5) is 9.59 Å². The summed E-state index contributed by atoms with van der Waals surface area (Å²) in [5.41, 5.74) is 3.17. The Morgan fingerprint density at radius 2 is 1.73 bits per heavy atom. The number of hydrazine groups is 1. The lowest BCUT2D eigenvalue weighted by Gasteiger charge is -2.36. The Hall–Kier alpha value is -4.27. The highest BCUT2D eigenvalue weighted by Crippen LogP contribution is 2.29. The van der Waals surface area contributed by atoms with E-state index in [4.69, 9.17) is 0 Å². The van der Waals surface area contributed by atoms with Crippen molar-refractivity contribution in [3.8, 4) is 0 Å². The lowest BCUT2D eigenvalue weighted by atomic mass is 9.83. The number of nitrogens with zero attached hydrogens (tertiary/aromatic N) is 3. The predicted molar refractivity (Wildman–Crippen MR) is 216 cm³/mol. The lowest BCUT2D eigenvalue weighted by Crippen LogP contribution is -2.57. The maximum absolute atomic E-state index is 14.6. The highest BCUT2D eigenvalue weighted by molar-refractivity contribution is 5.83. The summed E-state index contributed by atoms with van der Waals surface area (Å²) in [6, 6.07) is 13.4. The van der Waals surface area contributed by atoms with Gasteiger partial charge in [0.05, 0.1) is 49.1 Å². The third-order valence-electron chi connectivity index (χ3n) is 10.3. The summed E-state index contributed by atoms with van der Waals surface area (Å²) in [5, 5.41) is 33.0. The van der Waals surface area contributed by atoms with Crippen molar-refractivity contribution in [3.05, 3.63) is 65.5 Å². The average Bonchev–Trinajstić information content (AvgIpc) is 3.47. The van der Waals surface area contributed by atoms with Crippen LogP contribution >= 0.6 is 0 Å². The first-order valence-electron chi connectivity index (χ1n) is 19.7. The molecule has 1 aliphatic heterocycles. The minimum Gasteiger partial charge on any atom is -0.453 e. The molecule has 6 N–H and O–H groups in total. The number of aromatic nitrogens is 1. The van der Waals surface area contributed by atoms with E-state index in [1.807, 2.05) is 58.0 Å². The van der Waals surface area contributed by atoms with Crippen LogP contribution in [-0.4, -0.2) is 101 Å². The first-order valence-corrected chi connectivity index (χ1v) is 19.7. The zero-order valence-corrected chi connectivity index (χ0v) is 35.1. The van der Waals surface area contributed by atoms with Gasteiger partial charge in [-0.2, -0.15) is 0 Å². The number of carbonyl (C=O) groups excluding carboxylic acids is 4.